The second-order valence-electron chi connectivity index (χ2n) is 3.17. The number of thiophene rings is 1. The fourth-order valence-electron chi connectivity index (χ4n) is 1.81. The van der Waals surface area contributed by atoms with E-state index in [4.69, 9.17) is 0 Å². The number of hydrogen-bond donors (Lipinski definition) is 0. The molecule has 1 aromatic heterocycles. The first kappa shape index (κ1) is 7.21. The monoisotopic (exact) mass is 189 g/mol. The Kier molecular flexibility index (Phi) is 1.32. The number of carbonyl (C=O) groups excluding carboxylic acids is 1. The minimum Gasteiger partial charge on any atom is -0.266 e. The van der Waals surface area contributed by atoms with Crippen molar-refractivity contribution >= 4 is 29.5 Å². The largest absolute Gasteiger partial charge is 0.287 e. The van der Waals surface area contributed by atoms with Gasteiger partial charge in [0, 0.05) is 23.9 Å². The lowest BCUT2D eigenvalue weighted by Gasteiger charge is -2.03. The molecular weight excluding hydrogens is 182 g/mol. The fourth-order valence-corrected chi connectivity index (χ4v) is 3.00. The average molecular weight is 189 g/mol. The molecular formula is C10H7NOS. The zero-order valence-electron chi connectivity index (χ0n) is 6.91. The van der Waals surface area contributed by atoms with Crippen molar-refractivity contribution in [2.75, 3.05) is 0 Å². The Bertz CT molecular complexity index is 454. The van der Waals surface area contributed by atoms with Gasteiger partial charge < -0.3 is 0 Å². The van der Waals surface area contributed by atoms with Crippen LogP contribution in [0.2, 0.25) is 0 Å². The van der Waals surface area contributed by atoms with Crippen LogP contribution < -0.4 is 0 Å². The number of nitrogens with zero attached hydrogens (tertiary/aromatic N) is 1. The van der Waals surface area contributed by atoms with Crippen LogP contribution in [0.1, 0.15) is 25.7 Å². The molecule has 1 amide bonds. The Morgan fingerprint density at radius 1 is 1.38 bits per heavy atom. The van der Waals surface area contributed by atoms with Gasteiger partial charge in [0.15, 0.2) is 0 Å². The molecule has 2 nitrogen and oxygen atoms in total. The SMILES string of the molecule is O=C1N=CCc2c1sc1c2C=CC1. The van der Waals surface area contributed by atoms with Crippen molar-refractivity contribution in [1.82, 2.24) is 0 Å². The van der Waals surface area contributed by atoms with Crippen LogP contribution in [0, 0.1) is 0 Å². The Hall–Kier alpha value is -1.22. The van der Waals surface area contributed by atoms with Crippen molar-refractivity contribution in [3.8, 4) is 0 Å². The first-order valence-electron chi connectivity index (χ1n) is 4.24. The van der Waals surface area contributed by atoms with Crippen LogP contribution in [0.4, 0.5) is 0 Å². The van der Waals surface area contributed by atoms with Crippen molar-refractivity contribution in [3.05, 3.63) is 27.0 Å². The normalized spacial score (nSPS) is 17.7. The van der Waals surface area contributed by atoms with E-state index in [9.17, 15) is 4.79 Å². The van der Waals surface area contributed by atoms with Gasteiger partial charge in [-0.15, -0.1) is 11.3 Å². The zero-order chi connectivity index (χ0) is 8.84. The number of allylic oxidation sites excluding steroid dienone is 1. The summed E-state index contributed by atoms with van der Waals surface area (Å²) in [4.78, 5) is 17.4. The molecule has 64 valence electrons. The summed E-state index contributed by atoms with van der Waals surface area (Å²) < 4.78 is 0. The van der Waals surface area contributed by atoms with Crippen molar-refractivity contribution in [3.63, 3.8) is 0 Å². The number of carbonyl (C=O) groups is 1. The van der Waals surface area contributed by atoms with Gasteiger partial charge in [-0.2, -0.15) is 0 Å². The van der Waals surface area contributed by atoms with Gasteiger partial charge in [-0.05, 0) is 11.1 Å². The molecule has 1 aliphatic carbocycles. The van der Waals surface area contributed by atoms with Crippen molar-refractivity contribution in [2.24, 2.45) is 4.99 Å². The molecule has 1 aliphatic heterocycles. The molecule has 2 aliphatic rings. The zero-order valence-corrected chi connectivity index (χ0v) is 7.73. The third-order valence-corrected chi connectivity index (χ3v) is 3.67. The van der Waals surface area contributed by atoms with E-state index in [0.29, 0.717) is 0 Å². The molecule has 0 N–H and O–H groups in total. The minimum atomic E-state index is -0.0611. The molecule has 0 unspecified atom stereocenters. The molecule has 0 aromatic carbocycles. The highest BCUT2D eigenvalue weighted by molar-refractivity contribution is 7.14. The van der Waals surface area contributed by atoms with Crippen LogP contribution in [0.5, 0.6) is 0 Å². The van der Waals surface area contributed by atoms with E-state index >= 15 is 0 Å². The molecule has 3 heteroatoms. The van der Waals surface area contributed by atoms with Crippen LogP contribution in [0.25, 0.3) is 6.08 Å². The lowest BCUT2D eigenvalue weighted by molar-refractivity contribution is 0.100. The summed E-state index contributed by atoms with van der Waals surface area (Å²) in [6, 6.07) is 0. The van der Waals surface area contributed by atoms with E-state index in [0.717, 1.165) is 17.7 Å². The quantitative estimate of drug-likeness (QED) is 0.614. The van der Waals surface area contributed by atoms with E-state index in [1.807, 2.05) is 0 Å². The number of aliphatic imine (C=N–C) groups is 1. The molecule has 0 saturated heterocycles. The lowest BCUT2D eigenvalue weighted by Crippen LogP contribution is -2.05. The predicted octanol–water partition coefficient (Wildman–Crippen LogP) is 2.08. The third-order valence-electron chi connectivity index (χ3n) is 2.41. The number of rotatable bonds is 0. The van der Waals surface area contributed by atoms with Gasteiger partial charge in [0.25, 0.3) is 5.91 Å². The summed E-state index contributed by atoms with van der Waals surface area (Å²) in [5.74, 6) is -0.0611. The van der Waals surface area contributed by atoms with Crippen LogP contribution in [0.3, 0.4) is 0 Å². The Morgan fingerprint density at radius 3 is 3.23 bits per heavy atom. The van der Waals surface area contributed by atoms with Gasteiger partial charge in [-0.25, -0.2) is 4.99 Å². The first-order chi connectivity index (χ1) is 6.36. The highest BCUT2D eigenvalue weighted by Gasteiger charge is 2.23. The topological polar surface area (TPSA) is 29.4 Å². The van der Waals surface area contributed by atoms with Gasteiger partial charge in [-0.1, -0.05) is 12.2 Å². The average Bonchev–Trinajstić information content (AvgIpc) is 2.65. The van der Waals surface area contributed by atoms with Crippen molar-refractivity contribution in [1.29, 1.82) is 0 Å². The molecule has 0 bridgehead atoms. The van der Waals surface area contributed by atoms with Crippen LogP contribution in [0.15, 0.2) is 11.1 Å². The van der Waals surface area contributed by atoms with E-state index in [1.165, 1.54) is 16.0 Å². The summed E-state index contributed by atoms with van der Waals surface area (Å²) in [7, 11) is 0. The fraction of sp³-hybridized carbons (Fsp3) is 0.200. The molecule has 0 radical (unpaired) electrons. The second kappa shape index (κ2) is 2.39. The smallest absolute Gasteiger partial charge is 0.266 e. The van der Waals surface area contributed by atoms with Gasteiger partial charge in [-0.3, -0.25) is 4.79 Å². The number of hydrogen-bond acceptors (Lipinski definition) is 2. The maximum Gasteiger partial charge on any atom is 0.287 e. The summed E-state index contributed by atoms with van der Waals surface area (Å²) in [6.07, 6.45) is 7.79. The molecule has 1 aromatic rings. The van der Waals surface area contributed by atoms with Crippen LogP contribution >= 0.6 is 11.3 Å². The molecule has 0 atom stereocenters. The molecule has 0 fully saturated rings. The summed E-state index contributed by atoms with van der Waals surface area (Å²) in [5, 5.41) is 0. The molecule has 3 rings (SSSR count). The maximum atomic E-state index is 11.4. The predicted molar refractivity (Wildman–Crippen MR) is 53.6 cm³/mol. The molecule has 2 heterocycles. The first-order valence-corrected chi connectivity index (χ1v) is 5.06. The van der Waals surface area contributed by atoms with Crippen molar-refractivity contribution < 1.29 is 4.79 Å². The van der Waals surface area contributed by atoms with E-state index in [2.05, 4.69) is 17.1 Å². The molecule has 0 saturated carbocycles. The van der Waals surface area contributed by atoms with E-state index in [-0.39, 0.29) is 5.91 Å². The number of fused-ring (bicyclic) bond motifs is 3. The molecule has 0 spiro atoms. The lowest BCUT2D eigenvalue weighted by atomic mass is 10.1. The van der Waals surface area contributed by atoms with Gasteiger partial charge in [0.05, 0.1) is 4.88 Å². The van der Waals surface area contributed by atoms with Gasteiger partial charge in [0.1, 0.15) is 0 Å². The Labute approximate surface area is 79.6 Å². The van der Waals surface area contributed by atoms with E-state index < -0.39 is 0 Å². The second-order valence-corrected chi connectivity index (χ2v) is 4.28. The maximum absolute atomic E-state index is 11.4. The standard InChI is InChI=1S/C10H7NOS/c12-10-9-7(4-5-11-10)6-2-1-3-8(6)13-9/h1-2,5H,3-4H2. The van der Waals surface area contributed by atoms with Crippen LogP contribution in [-0.2, 0) is 12.8 Å². The summed E-state index contributed by atoms with van der Waals surface area (Å²) >= 11 is 1.61. The summed E-state index contributed by atoms with van der Waals surface area (Å²) in [5.41, 5.74) is 2.47. The highest BCUT2D eigenvalue weighted by Crippen LogP contribution is 2.35. The van der Waals surface area contributed by atoms with E-state index in [1.54, 1.807) is 17.6 Å². The van der Waals surface area contributed by atoms with Gasteiger partial charge in [0.2, 0.25) is 0 Å². The van der Waals surface area contributed by atoms with Crippen molar-refractivity contribution in [2.45, 2.75) is 12.8 Å². The molecule has 13 heavy (non-hydrogen) atoms. The van der Waals surface area contributed by atoms with Crippen LogP contribution in [-0.4, -0.2) is 12.1 Å². The minimum absolute atomic E-state index is 0.0611. The highest BCUT2D eigenvalue weighted by atomic mass is 32.1. The number of amides is 1. The third kappa shape index (κ3) is 0.877. The Morgan fingerprint density at radius 2 is 2.31 bits per heavy atom. The van der Waals surface area contributed by atoms with Gasteiger partial charge >= 0.3 is 0 Å². The Balaban J connectivity index is 2.28. The summed E-state index contributed by atoms with van der Waals surface area (Å²) in [6.45, 7) is 0.